The molecule has 1 aromatic heterocycles. The number of fused-ring (bicyclic) bond motifs is 3. The molecule has 3 aromatic carbocycles. The molecule has 4 aromatic rings. The molecule has 0 unspecified atom stereocenters. The molecule has 7 heteroatoms. The Bertz CT molecular complexity index is 1230. The molecule has 1 amide bonds. The van der Waals surface area contributed by atoms with Gasteiger partial charge in [0, 0.05) is 28.0 Å². The third-order valence-corrected chi connectivity index (χ3v) is 4.85. The molecule has 0 aliphatic heterocycles. The van der Waals surface area contributed by atoms with E-state index in [9.17, 15) is 18.0 Å². The Balaban J connectivity index is 2.07. The van der Waals surface area contributed by atoms with Gasteiger partial charge in [-0.2, -0.15) is 0 Å². The molecule has 0 atom stereocenters. The van der Waals surface area contributed by atoms with Crippen molar-refractivity contribution in [3.8, 4) is 0 Å². The van der Waals surface area contributed by atoms with Gasteiger partial charge in [0.1, 0.15) is 5.82 Å². The molecule has 4 rings (SSSR count). The summed E-state index contributed by atoms with van der Waals surface area (Å²) in [5.41, 5.74) is 6.88. The van der Waals surface area contributed by atoms with Crippen LogP contribution in [0.1, 0.15) is 15.9 Å². The normalized spacial score (nSPS) is 11.4. The van der Waals surface area contributed by atoms with Crippen molar-refractivity contribution < 1.29 is 18.0 Å². The van der Waals surface area contributed by atoms with Crippen LogP contribution < -0.4 is 5.73 Å². The summed E-state index contributed by atoms with van der Waals surface area (Å²) < 4.78 is 42.7. The van der Waals surface area contributed by atoms with E-state index in [0.717, 1.165) is 6.07 Å². The summed E-state index contributed by atoms with van der Waals surface area (Å²) >= 11 is 6.36. The highest BCUT2D eigenvalue weighted by Gasteiger charge is 2.19. The molecule has 0 aliphatic rings. The molecule has 0 radical (unpaired) electrons. The van der Waals surface area contributed by atoms with Gasteiger partial charge in [0.2, 0.25) is 5.91 Å². The van der Waals surface area contributed by atoms with Crippen molar-refractivity contribution in [2.24, 2.45) is 5.73 Å². The summed E-state index contributed by atoms with van der Waals surface area (Å²) in [4.78, 5) is 11.9. The third kappa shape index (κ3) is 2.73. The van der Waals surface area contributed by atoms with Gasteiger partial charge in [-0.3, -0.25) is 4.79 Å². The van der Waals surface area contributed by atoms with Crippen LogP contribution in [-0.2, 0) is 6.54 Å². The summed E-state index contributed by atoms with van der Waals surface area (Å²) in [5, 5.41) is 1.61. The maximum atomic E-state index is 14.2. The summed E-state index contributed by atoms with van der Waals surface area (Å²) in [6.07, 6.45) is 0. The number of carbonyl (C=O) groups is 1. The van der Waals surface area contributed by atoms with Crippen molar-refractivity contribution in [1.82, 2.24) is 4.57 Å². The first-order valence-electron chi connectivity index (χ1n) is 8.01. The number of nitrogens with two attached hydrogens (primary N) is 1. The molecular formula is C20H12ClF3N2O. The second-order valence-corrected chi connectivity index (χ2v) is 6.55. The van der Waals surface area contributed by atoms with Gasteiger partial charge in [-0.1, -0.05) is 29.8 Å². The second kappa shape index (κ2) is 6.32. The van der Waals surface area contributed by atoms with E-state index in [2.05, 4.69) is 0 Å². The van der Waals surface area contributed by atoms with Crippen LogP contribution in [0, 0.1) is 17.5 Å². The minimum atomic E-state index is -1.26. The first-order chi connectivity index (χ1) is 12.9. The van der Waals surface area contributed by atoms with Crippen molar-refractivity contribution in [3.05, 3.63) is 82.1 Å². The van der Waals surface area contributed by atoms with Crippen LogP contribution >= 0.6 is 11.6 Å². The second-order valence-electron chi connectivity index (χ2n) is 6.14. The smallest absolute Gasteiger partial charge is 0.249 e. The zero-order valence-electron chi connectivity index (χ0n) is 13.8. The van der Waals surface area contributed by atoms with Crippen molar-refractivity contribution in [2.75, 3.05) is 0 Å². The lowest BCUT2D eigenvalue weighted by Crippen LogP contribution is -2.11. The molecule has 136 valence electrons. The van der Waals surface area contributed by atoms with E-state index in [0.29, 0.717) is 38.5 Å². The highest BCUT2D eigenvalue weighted by molar-refractivity contribution is 6.37. The zero-order valence-corrected chi connectivity index (χ0v) is 14.5. The van der Waals surface area contributed by atoms with Crippen molar-refractivity contribution >= 4 is 39.3 Å². The Hall–Kier alpha value is -2.99. The Labute approximate surface area is 156 Å². The Morgan fingerprint density at radius 2 is 1.70 bits per heavy atom. The van der Waals surface area contributed by atoms with Gasteiger partial charge in [-0.05, 0) is 24.3 Å². The first kappa shape index (κ1) is 17.4. The fourth-order valence-electron chi connectivity index (χ4n) is 3.38. The van der Waals surface area contributed by atoms with Crippen molar-refractivity contribution in [2.45, 2.75) is 6.54 Å². The van der Waals surface area contributed by atoms with E-state index >= 15 is 0 Å². The molecule has 3 nitrogen and oxygen atoms in total. The Kier molecular flexibility index (Phi) is 4.08. The number of amides is 1. The topological polar surface area (TPSA) is 48.0 Å². The highest BCUT2D eigenvalue weighted by atomic mass is 35.5. The van der Waals surface area contributed by atoms with E-state index in [-0.39, 0.29) is 12.1 Å². The van der Waals surface area contributed by atoms with Crippen LogP contribution in [0.25, 0.3) is 21.8 Å². The molecule has 2 N–H and O–H groups in total. The number of carbonyl (C=O) groups excluding carboxylic acids is 1. The van der Waals surface area contributed by atoms with E-state index in [1.54, 1.807) is 41.0 Å². The van der Waals surface area contributed by atoms with Crippen LogP contribution in [0.4, 0.5) is 13.2 Å². The number of hydrogen-bond donors (Lipinski definition) is 1. The number of hydrogen-bond acceptors (Lipinski definition) is 1. The summed E-state index contributed by atoms with van der Waals surface area (Å²) in [5.74, 6) is -3.88. The molecule has 1 heterocycles. The van der Waals surface area contributed by atoms with Crippen LogP contribution in [0.2, 0.25) is 5.02 Å². The number of benzene rings is 3. The predicted octanol–water partition coefficient (Wildman–Crippen LogP) is 5.01. The third-order valence-electron chi connectivity index (χ3n) is 4.54. The lowest BCUT2D eigenvalue weighted by Gasteiger charge is -2.10. The number of para-hydroxylation sites is 1. The number of primary amides is 1. The average molecular weight is 389 g/mol. The molecule has 0 spiro atoms. The summed E-state index contributed by atoms with van der Waals surface area (Å²) in [6, 6.07) is 11.5. The number of halogens is 4. The van der Waals surface area contributed by atoms with Gasteiger partial charge >= 0.3 is 0 Å². The maximum Gasteiger partial charge on any atom is 0.249 e. The number of aromatic nitrogens is 1. The van der Waals surface area contributed by atoms with Gasteiger partial charge in [0.05, 0.1) is 22.6 Å². The highest BCUT2D eigenvalue weighted by Crippen LogP contribution is 2.36. The fourth-order valence-corrected chi connectivity index (χ4v) is 3.66. The van der Waals surface area contributed by atoms with Crippen LogP contribution in [0.15, 0.2) is 48.5 Å². The average Bonchev–Trinajstić information content (AvgIpc) is 2.95. The van der Waals surface area contributed by atoms with E-state index < -0.39 is 23.4 Å². The van der Waals surface area contributed by atoms with Gasteiger partial charge in [-0.25, -0.2) is 13.2 Å². The van der Waals surface area contributed by atoms with E-state index in [1.165, 1.54) is 0 Å². The quantitative estimate of drug-likeness (QED) is 0.493. The maximum absolute atomic E-state index is 14.2. The number of nitrogens with zero attached hydrogens (tertiary/aromatic N) is 1. The van der Waals surface area contributed by atoms with E-state index in [4.69, 9.17) is 17.3 Å². The molecule has 0 bridgehead atoms. The van der Waals surface area contributed by atoms with Gasteiger partial charge < -0.3 is 10.3 Å². The van der Waals surface area contributed by atoms with Gasteiger partial charge in [-0.15, -0.1) is 0 Å². The molecule has 0 saturated carbocycles. The van der Waals surface area contributed by atoms with E-state index in [1.807, 2.05) is 0 Å². The SMILES string of the molecule is NC(=O)c1cccc2c1c1cccc(Cl)c1n2Cc1cc(F)c(F)cc1F. The van der Waals surface area contributed by atoms with Crippen molar-refractivity contribution in [3.63, 3.8) is 0 Å². The van der Waals surface area contributed by atoms with Gasteiger partial charge in [0.25, 0.3) is 0 Å². The predicted molar refractivity (Wildman–Crippen MR) is 98.4 cm³/mol. The standard InChI is InChI=1S/C20H12ClF3N2O/c21-13-5-1-3-11-18-12(20(25)27)4-2-6-17(18)26(19(11)13)9-10-7-15(23)16(24)8-14(10)22/h1-8H,9H2,(H2,25,27). The monoisotopic (exact) mass is 388 g/mol. The molecule has 0 aliphatic carbocycles. The first-order valence-corrected chi connectivity index (χ1v) is 8.39. The minimum Gasteiger partial charge on any atom is -0.366 e. The fraction of sp³-hybridized carbons (Fsp3) is 0.0500. The molecule has 0 fully saturated rings. The summed E-state index contributed by atoms with van der Waals surface area (Å²) in [6.45, 7) is -0.102. The Morgan fingerprint density at radius 1 is 1.00 bits per heavy atom. The van der Waals surface area contributed by atoms with Crippen LogP contribution in [0.3, 0.4) is 0 Å². The largest absolute Gasteiger partial charge is 0.366 e. The number of rotatable bonds is 3. The molecular weight excluding hydrogens is 377 g/mol. The molecule has 0 saturated heterocycles. The van der Waals surface area contributed by atoms with Crippen LogP contribution in [0.5, 0.6) is 0 Å². The Morgan fingerprint density at radius 3 is 2.44 bits per heavy atom. The van der Waals surface area contributed by atoms with Crippen molar-refractivity contribution in [1.29, 1.82) is 0 Å². The van der Waals surface area contributed by atoms with Crippen LogP contribution in [-0.4, -0.2) is 10.5 Å². The zero-order chi connectivity index (χ0) is 19.3. The lowest BCUT2D eigenvalue weighted by atomic mass is 10.1. The minimum absolute atomic E-state index is 0.0444. The molecule has 27 heavy (non-hydrogen) atoms. The van der Waals surface area contributed by atoms with Gasteiger partial charge in [0.15, 0.2) is 11.6 Å². The summed E-state index contributed by atoms with van der Waals surface area (Å²) in [7, 11) is 0. The lowest BCUT2D eigenvalue weighted by molar-refractivity contribution is 0.100.